The highest BCUT2D eigenvalue weighted by atomic mass is 35.5. The molecule has 12 heteroatoms. The zero-order chi connectivity index (χ0) is 27.3. The number of nitrogens with zero attached hydrogens (tertiary/aromatic N) is 1. The Balaban J connectivity index is 1.51. The third-order valence-electron chi connectivity index (χ3n) is 6.56. The first-order valence-electron chi connectivity index (χ1n) is 12.1. The summed E-state index contributed by atoms with van der Waals surface area (Å²) < 4.78 is 15.5. The zero-order valence-corrected chi connectivity index (χ0v) is 21.8. The molecule has 1 spiro atoms. The van der Waals surface area contributed by atoms with Crippen LogP contribution in [0, 0.1) is 0 Å². The molecule has 2 heterocycles. The van der Waals surface area contributed by atoms with Gasteiger partial charge in [0, 0.05) is 42.1 Å². The van der Waals surface area contributed by atoms with Crippen LogP contribution < -0.4 is 16.0 Å². The highest BCUT2D eigenvalue weighted by molar-refractivity contribution is 6.30. The highest BCUT2D eigenvalue weighted by Crippen LogP contribution is 2.43. The Morgan fingerprint density at radius 2 is 1.95 bits per heavy atom. The lowest BCUT2D eigenvalue weighted by atomic mass is 9.83. The molecule has 0 aromatic heterocycles. The summed E-state index contributed by atoms with van der Waals surface area (Å²) in [5.74, 6) is -0.766. The van der Waals surface area contributed by atoms with Gasteiger partial charge in [0.15, 0.2) is 5.60 Å². The molecule has 4 amide bonds. The fourth-order valence-corrected chi connectivity index (χ4v) is 4.88. The third-order valence-corrected chi connectivity index (χ3v) is 6.79. The first-order valence-corrected chi connectivity index (χ1v) is 12.5. The summed E-state index contributed by atoms with van der Waals surface area (Å²) in [5.41, 5.74) is 1.02. The van der Waals surface area contributed by atoms with Crippen molar-refractivity contribution in [1.29, 1.82) is 0 Å². The molecule has 0 aliphatic carbocycles. The van der Waals surface area contributed by atoms with E-state index in [0.717, 1.165) is 0 Å². The Hall–Kier alpha value is -3.83. The standard InChI is InChI=1S/C26H29ClN4O7/c1-36-13-10-21(29-22(32)16-4-7-18(8-5-16)28-24(34)37-2)23(33)31-12-3-11-26(15-31)19-14-17(27)6-9-20(19)30-25(35)38-26/h4-9,14,21H,3,10-13,15H2,1-2H3,(H,28,34)(H,29,32)(H,30,35)/t21-,26-/m0/s1. The lowest BCUT2D eigenvalue weighted by Gasteiger charge is -2.45. The number of anilines is 2. The molecule has 202 valence electrons. The minimum atomic E-state index is -1.05. The predicted octanol–water partition coefficient (Wildman–Crippen LogP) is 3.73. The van der Waals surface area contributed by atoms with E-state index in [1.54, 1.807) is 35.2 Å². The summed E-state index contributed by atoms with van der Waals surface area (Å²) in [4.78, 5) is 52.0. The molecular formula is C26H29ClN4O7. The molecule has 0 radical (unpaired) electrons. The minimum absolute atomic E-state index is 0.125. The molecule has 11 nitrogen and oxygen atoms in total. The summed E-state index contributed by atoms with van der Waals surface area (Å²) in [7, 11) is 2.77. The van der Waals surface area contributed by atoms with Crippen molar-refractivity contribution in [3.05, 3.63) is 58.6 Å². The molecule has 2 atom stereocenters. The van der Waals surface area contributed by atoms with Crippen molar-refractivity contribution in [3.63, 3.8) is 0 Å². The van der Waals surface area contributed by atoms with Crippen molar-refractivity contribution >= 4 is 47.0 Å². The number of hydrogen-bond donors (Lipinski definition) is 3. The summed E-state index contributed by atoms with van der Waals surface area (Å²) in [5, 5.41) is 8.49. The number of methoxy groups -OCH3 is 2. The smallest absolute Gasteiger partial charge is 0.412 e. The molecule has 1 fully saturated rings. The van der Waals surface area contributed by atoms with Gasteiger partial charge < -0.3 is 24.4 Å². The molecule has 2 aliphatic heterocycles. The first-order chi connectivity index (χ1) is 18.2. The van der Waals surface area contributed by atoms with Crippen molar-refractivity contribution < 1.29 is 33.4 Å². The molecule has 38 heavy (non-hydrogen) atoms. The number of amides is 4. The van der Waals surface area contributed by atoms with Gasteiger partial charge in [0.1, 0.15) is 6.04 Å². The summed E-state index contributed by atoms with van der Waals surface area (Å²) in [6.45, 7) is 0.809. The van der Waals surface area contributed by atoms with E-state index >= 15 is 0 Å². The molecule has 3 N–H and O–H groups in total. The number of ether oxygens (including phenoxy) is 3. The number of nitrogens with one attached hydrogen (secondary N) is 3. The largest absolute Gasteiger partial charge is 0.453 e. The number of rotatable bonds is 7. The Labute approximate surface area is 224 Å². The molecule has 1 saturated heterocycles. The number of likely N-dealkylation sites (tertiary alicyclic amines) is 1. The molecule has 0 unspecified atom stereocenters. The van der Waals surface area contributed by atoms with Crippen LogP contribution in [-0.4, -0.2) is 68.9 Å². The maximum atomic E-state index is 13.7. The number of carbonyl (C=O) groups excluding carboxylic acids is 4. The van der Waals surface area contributed by atoms with Gasteiger partial charge in [-0.1, -0.05) is 11.6 Å². The Morgan fingerprint density at radius 1 is 1.18 bits per heavy atom. The topological polar surface area (TPSA) is 135 Å². The first kappa shape index (κ1) is 27.2. The second kappa shape index (κ2) is 11.7. The van der Waals surface area contributed by atoms with E-state index in [4.69, 9.17) is 21.1 Å². The van der Waals surface area contributed by atoms with Gasteiger partial charge in [-0.15, -0.1) is 0 Å². The van der Waals surface area contributed by atoms with E-state index in [2.05, 4.69) is 20.7 Å². The van der Waals surface area contributed by atoms with Crippen LogP contribution in [0.25, 0.3) is 0 Å². The molecule has 2 aliphatic rings. The van der Waals surface area contributed by atoms with Crippen LogP contribution >= 0.6 is 11.6 Å². The van der Waals surface area contributed by atoms with Crippen molar-refractivity contribution in [1.82, 2.24) is 10.2 Å². The summed E-state index contributed by atoms with van der Waals surface area (Å²) >= 11 is 6.24. The molecule has 2 aromatic rings. The van der Waals surface area contributed by atoms with Gasteiger partial charge in [0.25, 0.3) is 5.91 Å². The average Bonchev–Trinajstić information content (AvgIpc) is 2.91. The summed E-state index contributed by atoms with van der Waals surface area (Å²) in [6, 6.07) is 10.4. The quantitative estimate of drug-likeness (QED) is 0.483. The Kier molecular flexibility index (Phi) is 8.38. The van der Waals surface area contributed by atoms with Crippen molar-refractivity contribution in [3.8, 4) is 0 Å². The van der Waals surface area contributed by atoms with Crippen LogP contribution in [0.15, 0.2) is 42.5 Å². The molecular weight excluding hydrogens is 516 g/mol. The fraction of sp³-hybridized carbons (Fsp3) is 0.385. The molecule has 0 bridgehead atoms. The Morgan fingerprint density at radius 3 is 2.66 bits per heavy atom. The van der Waals surface area contributed by atoms with Gasteiger partial charge in [-0.3, -0.25) is 20.2 Å². The van der Waals surface area contributed by atoms with Crippen molar-refractivity contribution in [2.45, 2.75) is 30.9 Å². The van der Waals surface area contributed by atoms with Gasteiger partial charge in [-0.25, -0.2) is 9.59 Å². The Bertz CT molecular complexity index is 1220. The maximum absolute atomic E-state index is 13.7. The van der Waals surface area contributed by atoms with Gasteiger partial charge in [-0.05, 0) is 61.7 Å². The minimum Gasteiger partial charge on any atom is -0.453 e. The zero-order valence-electron chi connectivity index (χ0n) is 21.0. The number of hydrogen-bond acceptors (Lipinski definition) is 7. The second-order valence-electron chi connectivity index (χ2n) is 9.06. The van der Waals surface area contributed by atoms with E-state index in [1.807, 2.05) is 0 Å². The monoisotopic (exact) mass is 544 g/mol. The highest BCUT2D eigenvalue weighted by Gasteiger charge is 2.47. The van der Waals surface area contributed by atoms with Crippen LogP contribution in [0.5, 0.6) is 0 Å². The van der Waals surface area contributed by atoms with E-state index in [-0.39, 0.29) is 25.5 Å². The van der Waals surface area contributed by atoms with Crippen LogP contribution in [0.4, 0.5) is 21.0 Å². The van der Waals surface area contributed by atoms with E-state index in [1.165, 1.54) is 26.4 Å². The van der Waals surface area contributed by atoms with Crippen LogP contribution in [0.3, 0.4) is 0 Å². The predicted molar refractivity (Wildman–Crippen MR) is 139 cm³/mol. The van der Waals surface area contributed by atoms with Crippen LogP contribution in [-0.2, 0) is 24.6 Å². The maximum Gasteiger partial charge on any atom is 0.412 e. The fourth-order valence-electron chi connectivity index (χ4n) is 4.71. The van der Waals surface area contributed by atoms with Crippen molar-refractivity contribution in [2.75, 3.05) is 44.5 Å². The number of carbonyl (C=O) groups is 4. The number of fused-ring (bicyclic) bond motifs is 2. The molecule has 0 saturated carbocycles. The van der Waals surface area contributed by atoms with Gasteiger partial charge >= 0.3 is 12.2 Å². The summed E-state index contributed by atoms with van der Waals surface area (Å²) in [6.07, 6.45) is 0.138. The second-order valence-corrected chi connectivity index (χ2v) is 9.50. The van der Waals surface area contributed by atoms with Gasteiger partial charge in [-0.2, -0.15) is 0 Å². The van der Waals surface area contributed by atoms with E-state index in [0.29, 0.717) is 46.9 Å². The third kappa shape index (κ3) is 6.00. The lowest BCUT2D eigenvalue weighted by Crippen LogP contribution is -2.57. The SMILES string of the molecule is COCC[C@H](NC(=O)c1ccc(NC(=O)OC)cc1)C(=O)N1CCC[C@@]2(C1)OC(=O)Nc1ccc(Cl)cc12. The van der Waals surface area contributed by atoms with Crippen LogP contribution in [0.1, 0.15) is 35.2 Å². The number of piperidine rings is 1. The number of benzene rings is 2. The van der Waals surface area contributed by atoms with Crippen LogP contribution in [0.2, 0.25) is 5.02 Å². The average molecular weight is 545 g/mol. The number of halogens is 1. The normalized spacial score (nSPS) is 19.0. The molecule has 4 rings (SSSR count). The molecule has 2 aromatic carbocycles. The van der Waals surface area contributed by atoms with E-state index in [9.17, 15) is 19.2 Å². The van der Waals surface area contributed by atoms with E-state index < -0.39 is 29.7 Å². The van der Waals surface area contributed by atoms with Gasteiger partial charge in [0.2, 0.25) is 5.91 Å². The van der Waals surface area contributed by atoms with Gasteiger partial charge in [0.05, 0.1) is 19.3 Å². The lowest BCUT2D eigenvalue weighted by molar-refractivity contribution is -0.141. The van der Waals surface area contributed by atoms with Crippen molar-refractivity contribution in [2.24, 2.45) is 0 Å².